The Morgan fingerprint density at radius 1 is 1.21 bits per heavy atom. The lowest BCUT2D eigenvalue weighted by Crippen LogP contribution is -2.44. The van der Waals surface area contributed by atoms with Crippen LogP contribution in [-0.4, -0.2) is 43.9 Å². The number of anilines is 1. The predicted molar refractivity (Wildman–Crippen MR) is 74.9 cm³/mol. The van der Waals surface area contributed by atoms with E-state index in [4.69, 9.17) is 0 Å². The Bertz CT molecular complexity index is 528. The van der Waals surface area contributed by atoms with Crippen molar-refractivity contribution >= 4 is 21.6 Å². The zero-order valence-corrected chi connectivity index (χ0v) is 11.7. The molecule has 2 amide bonds. The van der Waals surface area contributed by atoms with E-state index in [0.29, 0.717) is 12.8 Å². The average molecular weight is 282 g/mol. The quantitative estimate of drug-likeness (QED) is 0.898. The Balaban J connectivity index is 1.93. The van der Waals surface area contributed by atoms with Gasteiger partial charge in [-0.3, -0.25) is 0 Å². The summed E-state index contributed by atoms with van der Waals surface area (Å²) in [6, 6.07) is 9.01. The van der Waals surface area contributed by atoms with Crippen LogP contribution in [0.25, 0.3) is 0 Å². The molecule has 0 bridgehead atoms. The third kappa shape index (κ3) is 3.70. The number of sulfone groups is 1. The van der Waals surface area contributed by atoms with E-state index in [-0.39, 0.29) is 23.6 Å². The van der Waals surface area contributed by atoms with Gasteiger partial charge >= 0.3 is 6.03 Å². The molecule has 104 valence electrons. The fourth-order valence-corrected chi connectivity index (χ4v) is 3.63. The minimum absolute atomic E-state index is 0.00719. The molecule has 0 atom stereocenters. The van der Waals surface area contributed by atoms with Crippen molar-refractivity contribution in [1.29, 1.82) is 0 Å². The number of rotatable bonds is 2. The highest BCUT2D eigenvalue weighted by atomic mass is 32.2. The van der Waals surface area contributed by atoms with Crippen molar-refractivity contribution in [3.05, 3.63) is 30.3 Å². The van der Waals surface area contributed by atoms with Crippen molar-refractivity contribution < 1.29 is 13.2 Å². The lowest BCUT2D eigenvalue weighted by molar-refractivity contribution is 0.199. The standard InChI is InChI=1S/C13H18N2O3S/c1-15(12-7-9-19(17,18)10-8-12)13(16)14-11-5-3-2-4-6-11/h2-6,12H,7-10H2,1H3,(H,14,16). The monoisotopic (exact) mass is 282 g/mol. The maximum atomic E-state index is 12.0. The van der Waals surface area contributed by atoms with Crippen LogP contribution in [0.2, 0.25) is 0 Å². The van der Waals surface area contributed by atoms with Gasteiger partial charge in [0.2, 0.25) is 0 Å². The molecule has 1 fully saturated rings. The zero-order chi connectivity index (χ0) is 13.9. The molecule has 5 nitrogen and oxygen atoms in total. The van der Waals surface area contributed by atoms with E-state index in [2.05, 4.69) is 5.32 Å². The van der Waals surface area contributed by atoms with E-state index in [0.717, 1.165) is 5.69 Å². The maximum absolute atomic E-state index is 12.0. The number of nitrogens with zero attached hydrogens (tertiary/aromatic N) is 1. The van der Waals surface area contributed by atoms with Crippen LogP contribution < -0.4 is 5.32 Å². The molecule has 1 heterocycles. The van der Waals surface area contributed by atoms with Crippen molar-refractivity contribution in [3.8, 4) is 0 Å². The SMILES string of the molecule is CN(C(=O)Nc1ccccc1)C1CCS(=O)(=O)CC1. The van der Waals surface area contributed by atoms with Crippen LogP contribution >= 0.6 is 0 Å². The number of urea groups is 1. The Morgan fingerprint density at radius 2 is 1.79 bits per heavy atom. The average Bonchev–Trinajstić information content (AvgIpc) is 2.39. The second-order valence-electron chi connectivity index (χ2n) is 4.79. The maximum Gasteiger partial charge on any atom is 0.321 e. The van der Waals surface area contributed by atoms with Gasteiger partial charge < -0.3 is 10.2 Å². The lowest BCUT2D eigenvalue weighted by atomic mass is 10.1. The van der Waals surface area contributed by atoms with Crippen molar-refractivity contribution in [2.45, 2.75) is 18.9 Å². The van der Waals surface area contributed by atoms with E-state index >= 15 is 0 Å². The van der Waals surface area contributed by atoms with E-state index < -0.39 is 9.84 Å². The first-order valence-corrected chi connectivity index (χ1v) is 8.09. The zero-order valence-electron chi connectivity index (χ0n) is 10.9. The first-order chi connectivity index (χ1) is 8.98. The highest BCUT2D eigenvalue weighted by Crippen LogP contribution is 2.18. The van der Waals surface area contributed by atoms with Crippen molar-refractivity contribution in [1.82, 2.24) is 4.90 Å². The number of hydrogen-bond acceptors (Lipinski definition) is 3. The molecule has 0 radical (unpaired) electrons. The van der Waals surface area contributed by atoms with Crippen LogP contribution in [0.1, 0.15) is 12.8 Å². The summed E-state index contributed by atoms with van der Waals surface area (Å²) >= 11 is 0. The summed E-state index contributed by atoms with van der Waals surface area (Å²) in [7, 11) is -1.18. The molecule has 19 heavy (non-hydrogen) atoms. The molecule has 2 rings (SSSR count). The Kier molecular flexibility index (Phi) is 4.09. The van der Waals surface area contributed by atoms with Gasteiger partial charge in [0.15, 0.2) is 0 Å². The van der Waals surface area contributed by atoms with Gasteiger partial charge in [-0.05, 0) is 25.0 Å². The fourth-order valence-electron chi connectivity index (χ4n) is 2.16. The molecule has 1 aromatic carbocycles. The molecule has 0 aromatic heterocycles. The summed E-state index contributed by atoms with van der Waals surface area (Å²) in [5.74, 6) is 0.335. The van der Waals surface area contributed by atoms with Gasteiger partial charge in [-0.25, -0.2) is 13.2 Å². The summed E-state index contributed by atoms with van der Waals surface area (Å²) < 4.78 is 22.7. The van der Waals surface area contributed by atoms with Gasteiger partial charge in [0.25, 0.3) is 0 Å². The Hall–Kier alpha value is -1.56. The molecular formula is C13H18N2O3S. The van der Waals surface area contributed by atoms with E-state index in [1.165, 1.54) is 0 Å². The van der Waals surface area contributed by atoms with Gasteiger partial charge in [0.05, 0.1) is 11.5 Å². The summed E-state index contributed by atoms with van der Waals surface area (Å²) in [5.41, 5.74) is 0.739. The molecule has 1 aromatic rings. The molecule has 1 aliphatic heterocycles. The van der Waals surface area contributed by atoms with Gasteiger partial charge in [-0.15, -0.1) is 0 Å². The molecule has 6 heteroatoms. The minimum Gasteiger partial charge on any atom is -0.325 e. The molecule has 1 aliphatic rings. The fraction of sp³-hybridized carbons (Fsp3) is 0.462. The molecule has 0 spiro atoms. The van der Waals surface area contributed by atoms with E-state index in [1.807, 2.05) is 30.3 Å². The van der Waals surface area contributed by atoms with Crippen LogP contribution in [0.4, 0.5) is 10.5 Å². The van der Waals surface area contributed by atoms with Gasteiger partial charge in [-0.2, -0.15) is 0 Å². The highest BCUT2D eigenvalue weighted by molar-refractivity contribution is 7.91. The van der Waals surface area contributed by atoms with Gasteiger partial charge in [-0.1, -0.05) is 18.2 Å². The van der Waals surface area contributed by atoms with Crippen LogP contribution in [0.3, 0.4) is 0 Å². The molecule has 0 saturated carbocycles. The van der Waals surface area contributed by atoms with Crippen LogP contribution in [0, 0.1) is 0 Å². The predicted octanol–water partition coefficient (Wildman–Crippen LogP) is 1.73. The lowest BCUT2D eigenvalue weighted by Gasteiger charge is -2.31. The summed E-state index contributed by atoms with van der Waals surface area (Å²) in [6.07, 6.45) is 1.03. The number of carbonyl (C=O) groups excluding carboxylic acids is 1. The second kappa shape index (κ2) is 5.61. The Labute approximate surface area is 113 Å². The minimum atomic E-state index is -2.89. The van der Waals surface area contributed by atoms with Crippen LogP contribution in [-0.2, 0) is 9.84 Å². The second-order valence-corrected chi connectivity index (χ2v) is 7.09. The third-order valence-corrected chi connectivity index (χ3v) is 5.13. The molecular weight excluding hydrogens is 264 g/mol. The number of hydrogen-bond donors (Lipinski definition) is 1. The number of nitrogens with one attached hydrogen (secondary N) is 1. The number of amides is 2. The highest BCUT2D eigenvalue weighted by Gasteiger charge is 2.28. The summed E-state index contributed by atoms with van der Waals surface area (Å²) in [6.45, 7) is 0. The van der Waals surface area contributed by atoms with E-state index in [9.17, 15) is 13.2 Å². The summed E-state index contributed by atoms with van der Waals surface area (Å²) in [5, 5.41) is 2.80. The first kappa shape index (κ1) is 13.9. The molecule has 0 aliphatic carbocycles. The number of benzene rings is 1. The summed E-state index contributed by atoms with van der Waals surface area (Å²) in [4.78, 5) is 13.6. The normalized spacial score (nSPS) is 18.8. The third-order valence-electron chi connectivity index (χ3n) is 3.42. The molecule has 1 N–H and O–H groups in total. The van der Waals surface area contributed by atoms with Gasteiger partial charge in [0, 0.05) is 18.8 Å². The topological polar surface area (TPSA) is 66.5 Å². The van der Waals surface area contributed by atoms with Crippen molar-refractivity contribution in [2.75, 3.05) is 23.9 Å². The number of para-hydroxylation sites is 1. The molecule has 1 saturated heterocycles. The number of carbonyl (C=O) groups is 1. The van der Waals surface area contributed by atoms with Crippen LogP contribution in [0.5, 0.6) is 0 Å². The molecule has 0 unspecified atom stereocenters. The van der Waals surface area contributed by atoms with Crippen LogP contribution in [0.15, 0.2) is 30.3 Å². The first-order valence-electron chi connectivity index (χ1n) is 6.27. The van der Waals surface area contributed by atoms with E-state index in [1.54, 1.807) is 11.9 Å². The largest absolute Gasteiger partial charge is 0.325 e. The van der Waals surface area contributed by atoms with Crippen molar-refractivity contribution in [2.24, 2.45) is 0 Å². The smallest absolute Gasteiger partial charge is 0.321 e. The van der Waals surface area contributed by atoms with Crippen molar-refractivity contribution in [3.63, 3.8) is 0 Å². The Morgan fingerprint density at radius 3 is 2.37 bits per heavy atom. The van der Waals surface area contributed by atoms with Gasteiger partial charge in [0.1, 0.15) is 9.84 Å².